The van der Waals surface area contributed by atoms with Crippen molar-refractivity contribution < 1.29 is 9.90 Å². The Morgan fingerprint density at radius 3 is 2.76 bits per heavy atom. The summed E-state index contributed by atoms with van der Waals surface area (Å²) in [5.41, 5.74) is -1.21. The fraction of sp³-hybridized carbons (Fsp3) is 0.333. The third kappa shape index (κ3) is 2.03. The molecular formula is C9H9ClN4O2S. The molecule has 0 saturated carbocycles. The molecule has 6 nitrogen and oxygen atoms in total. The molecule has 0 atom stereocenters. The van der Waals surface area contributed by atoms with Crippen molar-refractivity contribution in [2.24, 2.45) is 0 Å². The van der Waals surface area contributed by atoms with E-state index in [4.69, 9.17) is 16.7 Å². The van der Waals surface area contributed by atoms with Gasteiger partial charge in [-0.3, -0.25) is 0 Å². The number of thiophene rings is 1. The summed E-state index contributed by atoms with van der Waals surface area (Å²) in [5, 5.41) is 20.2. The van der Waals surface area contributed by atoms with Crippen LogP contribution in [0.15, 0.2) is 12.1 Å². The van der Waals surface area contributed by atoms with Gasteiger partial charge in [0.2, 0.25) is 0 Å². The van der Waals surface area contributed by atoms with Gasteiger partial charge in [-0.25, -0.2) is 9.48 Å². The van der Waals surface area contributed by atoms with Crippen molar-refractivity contribution in [3.63, 3.8) is 0 Å². The van der Waals surface area contributed by atoms with E-state index in [-0.39, 0.29) is 0 Å². The van der Waals surface area contributed by atoms with Crippen LogP contribution in [0.4, 0.5) is 0 Å². The molecule has 0 bridgehead atoms. The first kappa shape index (κ1) is 12.0. The van der Waals surface area contributed by atoms with Crippen molar-refractivity contribution in [2.75, 3.05) is 0 Å². The van der Waals surface area contributed by atoms with Gasteiger partial charge in [0.15, 0.2) is 11.4 Å². The normalized spacial score (nSPS) is 11.7. The van der Waals surface area contributed by atoms with Gasteiger partial charge in [-0.05, 0) is 36.4 Å². The molecule has 0 saturated heterocycles. The van der Waals surface area contributed by atoms with Crippen molar-refractivity contribution >= 4 is 28.9 Å². The van der Waals surface area contributed by atoms with Gasteiger partial charge in [-0.15, -0.1) is 16.4 Å². The molecule has 8 heteroatoms. The van der Waals surface area contributed by atoms with Crippen LogP contribution in [0.5, 0.6) is 0 Å². The van der Waals surface area contributed by atoms with Crippen LogP contribution < -0.4 is 0 Å². The Morgan fingerprint density at radius 2 is 2.24 bits per heavy atom. The lowest BCUT2D eigenvalue weighted by molar-refractivity contribution is -0.146. The quantitative estimate of drug-likeness (QED) is 0.922. The van der Waals surface area contributed by atoms with Gasteiger partial charge in [-0.2, -0.15) is 0 Å². The molecule has 90 valence electrons. The third-order valence-electron chi connectivity index (χ3n) is 2.32. The van der Waals surface area contributed by atoms with E-state index in [1.165, 1.54) is 29.9 Å². The van der Waals surface area contributed by atoms with Crippen LogP contribution in [0.25, 0.3) is 10.7 Å². The highest BCUT2D eigenvalue weighted by Gasteiger charge is 2.34. The first-order chi connectivity index (χ1) is 7.93. The Balaban J connectivity index is 2.52. The number of carboxylic acids is 1. The zero-order valence-corrected chi connectivity index (χ0v) is 10.7. The van der Waals surface area contributed by atoms with Crippen LogP contribution >= 0.6 is 22.9 Å². The van der Waals surface area contributed by atoms with Gasteiger partial charge in [-0.1, -0.05) is 11.6 Å². The predicted molar refractivity (Wildman–Crippen MR) is 63.1 cm³/mol. The number of rotatable bonds is 3. The average molecular weight is 273 g/mol. The van der Waals surface area contributed by atoms with Crippen LogP contribution in [-0.4, -0.2) is 31.3 Å². The molecule has 2 heterocycles. The first-order valence-electron chi connectivity index (χ1n) is 4.71. The number of hydrogen-bond acceptors (Lipinski definition) is 5. The molecule has 0 aliphatic carbocycles. The highest BCUT2D eigenvalue weighted by atomic mass is 35.5. The second kappa shape index (κ2) is 4.08. The van der Waals surface area contributed by atoms with E-state index in [0.717, 1.165) is 4.88 Å². The van der Waals surface area contributed by atoms with Crippen molar-refractivity contribution in [3.8, 4) is 10.7 Å². The molecule has 17 heavy (non-hydrogen) atoms. The number of aromatic nitrogens is 4. The summed E-state index contributed by atoms with van der Waals surface area (Å²) in [4.78, 5) is 11.9. The first-order valence-corrected chi connectivity index (χ1v) is 5.90. The highest BCUT2D eigenvalue weighted by molar-refractivity contribution is 7.19. The van der Waals surface area contributed by atoms with Crippen LogP contribution in [0.1, 0.15) is 13.8 Å². The second-order valence-electron chi connectivity index (χ2n) is 3.88. The highest BCUT2D eigenvalue weighted by Crippen LogP contribution is 2.31. The monoisotopic (exact) mass is 272 g/mol. The predicted octanol–water partition coefficient (Wildman–Crippen LogP) is 1.87. The van der Waals surface area contributed by atoms with Crippen LogP contribution in [0.2, 0.25) is 4.34 Å². The maximum atomic E-state index is 11.2. The van der Waals surface area contributed by atoms with E-state index in [1.807, 2.05) is 0 Å². The molecule has 0 aliphatic rings. The molecule has 1 N–H and O–H groups in total. The standard InChI is InChI=1S/C9H9ClN4O2S/c1-9(2,8(15)16)14-7(11-12-13-14)5-3-4-6(10)17-5/h3-4H,1-2H3,(H,15,16). The van der Waals surface area contributed by atoms with Gasteiger partial charge in [0.25, 0.3) is 0 Å². The topological polar surface area (TPSA) is 80.9 Å². The summed E-state index contributed by atoms with van der Waals surface area (Å²) >= 11 is 7.13. The Labute approximate surface area is 106 Å². The number of hydrogen-bond donors (Lipinski definition) is 1. The largest absolute Gasteiger partial charge is 0.479 e. The van der Waals surface area contributed by atoms with Crippen molar-refractivity contribution in [3.05, 3.63) is 16.5 Å². The number of nitrogens with zero attached hydrogens (tertiary/aromatic N) is 4. The lowest BCUT2D eigenvalue weighted by atomic mass is 10.1. The molecule has 2 aromatic rings. The summed E-state index contributed by atoms with van der Waals surface area (Å²) in [5.74, 6) is -0.608. The molecule has 0 fully saturated rings. The number of tetrazole rings is 1. The summed E-state index contributed by atoms with van der Waals surface area (Å²) in [6.07, 6.45) is 0. The summed E-state index contributed by atoms with van der Waals surface area (Å²) in [6, 6.07) is 3.47. The van der Waals surface area contributed by atoms with Crippen molar-refractivity contribution in [1.29, 1.82) is 0 Å². The smallest absolute Gasteiger partial charge is 0.331 e. The molecule has 2 rings (SSSR count). The van der Waals surface area contributed by atoms with Crippen LogP contribution in [0.3, 0.4) is 0 Å². The van der Waals surface area contributed by atoms with E-state index >= 15 is 0 Å². The SMILES string of the molecule is CC(C)(C(=O)O)n1nnnc1-c1ccc(Cl)s1. The molecule has 0 unspecified atom stereocenters. The van der Waals surface area contributed by atoms with Gasteiger partial charge in [0.05, 0.1) is 9.21 Å². The van der Waals surface area contributed by atoms with Gasteiger partial charge < -0.3 is 5.11 Å². The van der Waals surface area contributed by atoms with E-state index in [0.29, 0.717) is 10.2 Å². The van der Waals surface area contributed by atoms with E-state index < -0.39 is 11.5 Å². The molecule has 0 aromatic carbocycles. The Hall–Kier alpha value is -1.47. The molecule has 0 radical (unpaired) electrons. The van der Waals surface area contributed by atoms with Gasteiger partial charge >= 0.3 is 5.97 Å². The Bertz CT molecular complexity index is 563. The summed E-state index contributed by atoms with van der Waals surface area (Å²) in [7, 11) is 0. The number of carboxylic acid groups (broad SMARTS) is 1. The third-order valence-corrected chi connectivity index (χ3v) is 3.54. The zero-order chi connectivity index (χ0) is 12.6. The van der Waals surface area contributed by atoms with Crippen LogP contribution in [0, 0.1) is 0 Å². The lowest BCUT2D eigenvalue weighted by Crippen LogP contribution is -2.37. The minimum atomic E-state index is -1.21. The van der Waals surface area contributed by atoms with Crippen LogP contribution in [-0.2, 0) is 10.3 Å². The summed E-state index contributed by atoms with van der Waals surface area (Å²) < 4.78 is 1.87. The zero-order valence-electron chi connectivity index (χ0n) is 9.09. The second-order valence-corrected chi connectivity index (χ2v) is 5.60. The van der Waals surface area contributed by atoms with Crippen molar-refractivity contribution in [1.82, 2.24) is 20.2 Å². The molecular weight excluding hydrogens is 264 g/mol. The summed E-state index contributed by atoms with van der Waals surface area (Å²) in [6.45, 7) is 3.06. The lowest BCUT2D eigenvalue weighted by Gasteiger charge is -2.19. The average Bonchev–Trinajstić information content (AvgIpc) is 2.84. The van der Waals surface area contributed by atoms with E-state index in [2.05, 4.69) is 15.5 Å². The number of aliphatic carboxylic acids is 1. The molecule has 0 amide bonds. The molecule has 0 aliphatic heterocycles. The molecule has 0 spiro atoms. The fourth-order valence-electron chi connectivity index (χ4n) is 1.24. The number of halogens is 1. The van der Waals surface area contributed by atoms with Gasteiger partial charge in [0, 0.05) is 0 Å². The molecule has 2 aromatic heterocycles. The fourth-order valence-corrected chi connectivity index (χ4v) is 2.26. The maximum absolute atomic E-state index is 11.2. The minimum Gasteiger partial charge on any atom is -0.479 e. The maximum Gasteiger partial charge on any atom is 0.331 e. The van der Waals surface area contributed by atoms with Crippen molar-refractivity contribution in [2.45, 2.75) is 19.4 Å². The Morgan fingerprint density at radius 1 is 1.53 bits per heavy atom. The number of carbonyl (C=O) groups is 1. The minimum absolute atomic E-state index is 0.398. The Kier molecular flexibility index (Phi) is 2.88. The van der Waals surface area contributed by atoms with Gasteiger partial charge in [0.1, 0.15) is 0 Å². The van der Waals surface area contributed by atoms with E-state index in [9.17, 15) is 4.79 Å². The van der Waals surface area contributed by atoms with E-state index in [1.54, 1.807) is 12.1 Å².